The Kier molecular flexibility index (Phi) is 3.23. The summed E-state index contributed by atoms with van der Waals surface area (Å²) in [5, 5.41) is 0. The Morgan fingerprint density at radius 1 is 0.944 bits per heavy atom. The predicted molar refractivity (Wildman–Crippen MR) is 63.6 cm³/mol. The van der Waals surface area contributed by atoms with E-state index in [0.29, 0.717) is 5.69 Å². The maximum absolute atomic E-state index is 13.1. The summed E-state index contributed by atoms with van der Waals surface area (Å²) < 4.78 is 39.3. The minimum atomic E-state index is -4.51. The van der Waals surface area contributed by atoms with Crippen LogP contribution in [0.25, 0.3) is 0 Å². The topological polar surface area (TPSA) is 16.1 Å². The minimum Gasteiger partial charge on any atom is -0.236 e. The van der Waals surface area contributed by atoms with E-state index in [1.807, 2.05) is 0 Å². The number of para-hydroxylation sites is 1. The van der Waals surface area contributed by atoms with E-state index in [9.17, 15) is 13.2 Å². The largest absolute Gasteiger partial charge is 0.490 e. The third-order valence-corrected chi connectivity index (χ3v) is 2.37. The summed E-state index contributed by atoms with van der Waals surface area (Å²) in [6, 6.07) is 12.1. The van der Waals surface area contributed by atoms with Crippen molar-refractivity contribution in [3.8, 4) is 0 Å². The van der Waals surface area contributed by atoms with Crippen LogP contribution in [0.2, 0.25) is 0 Å². The molecule has 5 heteroatoms. The first-order chi connectivity index (χ1) is 8.48. The molecule has 0 fully saturated rings. The Morgan fingerprint density at radius 2 is 1.61 bits per heavy atom. The maximum atomic E-state index is 13.1. The number of anilines is 2. The number of nitrogens with zero attached hydrogens (tertiary/aromatic N) is 2. The molecule has 0 atom stereocenters. The third-order valence-electron chi connectivity index (χ3n) is 2.37. The highest BCUT2D eigenvalue weighted by atomic mass is 19.4. The van der Waals surface area contributed by atoms with E-state index in [1.54, 1.807) is 37.3 Å². The maximum Gasteiger partial charge on any atom is 0.490 e. The van der Waals surface area contributed by atoms with Crippen molar-refractivity contribution >= 4 is 11.5 Å². The van der Waals surface area contributed by atoms with E-state index >= 15 is 0 Å². The standard InChI is InChI=1S/C13H11F3N2/c1-10-6-5-9-12(17-10)18(13(14,15)16)11-7-3-2-4-8-11/h2-9H,1H3. The fraction of sp³-hybridized carbons (Fsp3) is 0.154. The van der Waals surface area contributed by atoms with E-state index in [0.717, 1.165) is 0 Å². The molecule has 0 aliphatic rings. The van der Waals surface area contributed by atoms with Crippen LogP contribution in [0.5, 0.6) is 0 Å². The molecule has 0 aliphatic heterocycles. The summed E-state index contributed by atoms with van der Waals surface area (Å²) in [4.78, 5) is 4.19. The van der Waals surface area contributed by atoms with Crippen LogP contribution in [-0.2, 0) is 0 Å². The lowest BCUT2D eigenvalue weighted by molar-refractivity contribution is -0.121. The number of benzene rings is 1. The monoisotopic (exact) mass is 252 g/mol. The normalized spacial score (nSPS) is 11.3. The average Bonchev–Trinajstić information content (AvgIpc) is 2.28. The molecule has 0 N–H and O–H groups in total. The van der Waals surface area contributed by atoms with Crippen LogP contribution in [0, 0.1) is 6.92 Å². The van der Waals surface area contributed by atoms with Crippen molar-refractivity contribution in [3.05, 3.63) is 54.2 Å². The lowest BCUT2D eigenvalue weighted by atomic mass is 10.3. The highest BCUT2D eigenvalue weighted by Crippen LogP contribution is 2.34. The molecular formula is C13H11F3N2. The zero-order valence-electron chi connectivity index (χ0n) is 9.65. The van der Waals surface area contributed by atoms with Gasteiger partial charge in [-0.2, -0.15) is 0 Å². The predicted octanol–water partition coefficient (Wildman–Crippen LogP) is 4.05. The quantitative estimate of drug-likeness (QED) is 0.749. The van der Waals surface area contributed by atoms with E-state index in [2.05, 4.69) is 4.98 Å². The Bertz CT molecular complexity index is 523. The fourth-order valence-electron chi connectivity index (χ4n) is 1.64. The van der Waals surface area contributed by atoms with Crippen LogP contribution in [0.1, 0.15) is 5.69 Å². The van der Waals surface area contributed by atoms with Gasteiger partial charge in [0.05, 0.1) is 5.69 Å². The molecule has 18 heavy (non-hydrogen) atoms. The first-order valence-corrected chi connectivity index (χ1v) is 5.34. The number of halogens is 3. The number of pyridine rings is 1. The number of hydrogen-bond donors (Lipinski definition) is 0. The van der Waals surface area contributed by atoms with Gasteiger partial charge >= 0.3 is 6.30 Å². The Morgan fingerprint density at radius 3 is 2.17 bits per heavy atom. The zero-order chi connectivity index (χ0) is 13.2. The number of aromatic nitrogens is 1. The number of alkyl halides is 3. The molecule has 1 aromatic carbocycles. The van der Waals surface area contributed by atoms with E-state index in [4.69, 9.17) is 0 Å². The first-order valence-electron chi connectivity index (χ1n) is 5.34. The molecule has 2 nitrogen and oxygen atoms in total. The average molecular weight is 252 g/mol. The van der Waals surface area contributed by atoms with Gasteiger partial charge in [0.2, 0.25) is 0 Å². The second-order valence-electron chi connectivity index (χ2n) is 3.78. The van der Waals surface area contributed by atoms with Crippen molar-refractivity contribution in [1.29, 1.82) is 0 Å². The number of hydrogen-bond acceptors (Lipinski definition) is 2. The third kappa shape index (κ3) is 2.61. The zero-order valence-corrected chi connectivity index (χ0v) is 9.65. The Hall–Kier alpha value is -2.04. The Labute approximate surface area is 103 Å². The molecule has 2 aromatic rings. The molecule has 0 amide bonds. The van der Waals surface area contributed by atoms with Crippen molar-refractivity contribution in [2.75, 3.05) is 4.90 Å². The summed E-state index contributed by atoms with van der Waals surface area (Å²) in [6.07, 6.45) is -4.51. The van der Waals surface area contributed by atoms with Crippen LogP contribution < -0.4 is 4.90 Å². The van der Waals surface area contributed by atoms with Crippen molar-refractivity contribution < 1.29 is 13.2 Å². The van der Waals surface area contributed by atoms with E-state index in [1.165, 1.54) is 18.2 Å². The highest BCUT2D eigenvalue weighted by molar-refractivity contribution is 5.60. The second-order valence-corrected chi connectivity index (χ2v) is 3.78. The van der Waals surface area contributed by atoms with Crippen molar-refractivity contribution in [1.82, 2.24) is 4.98 Å². The van der Waals surface area contributed by atoms with Gasteiger partial charge in [0.25, 0.3) is 0 Å². The van der Waals surface area contributed by atoms with Crippen molar-refractivity contribution in [2.45, 2.75) is 13.2 Å². The minimum absolute atomic E-state index is 0.0445. The van der Waals surface area contributed by atoms with Crippen LogP contribution in [0.4, 0.5) is 24.7 Å². The van der Waals surface area contributed by atoms with Gasteiger partial charge < -0.3 is 0 Å². The van der Waals surface area contributed by atoms with Crippen molar-refractivity contribution in [3.63, 3.8) is 0 Å². The van der Waals surface area contributed by atoms with Gasteiger partial charge in [0, 0.05) is 5.69 Å². The highest BCUT2D eigenvalue weighted by Gasteiger charge is 2.39. The van der Waals surface area contributed by atoms with Crippen LogP contribution in [0.3, 0.4) is 0 Å². The molecule has 0 spiro atoms. The van der Waals surface area contributed by atoms with Crippen LogP contribution >= 0.6 is 0 Å². The molecule has 0 radical (unpaired) electrons. The van der Waals surface area contributed by atoms with Crippen LogP contribution in [-0.4, -0.2) is 11.3 Å². The summed E-state index contributed by atoms with van der Waals surface area (Å²) in [5.74, 6) is -0.131. The molecular weight excluding hydrogens is 241 g/mol. The van der Waals surface area contributed by atoms with Gasteiger partial charge in [-0.25, -0.2) is 9.88 Å². The molecule has 1 heterocycles. The second kappa shape index (κ2) is 4.68. The Balaban J connectivity index is 2.51. The SMILES string of the molecule is Cc1cccc(N(c2ccccc2)C(F)(F)F)n1. The molecule has 0 aliphatic carbocycles. The molecule has 0 unspecified atom stereocenters. The lowest BCUT2D eigenvalue weighted by Gasteiger charge is -2.26. The number of aryl methyl sites for hydroxylation is 1. The number of rotatable bonds is 2. The van der Waals surface area contributed by atoms with Gasteiger partial charge in [-0.3, -0.25) is 0 Å². The molecule has 94 valence electrons. The van der Waals surface area contributed by atoms with Gasteiger partial charge in [-0.05, 0) is 31.2 Å². The van der Waals surface area contributed by atoms with E-state index < -0.39 is 6.30 Å². The smallest absolute Gasteiger partial charge is 0.236 e. The summed E-state index contributed by atoms with van der Waals surface area (Å²) in [6.45, 7) is 1.66. The molecule has 1 aromatic heterocycles. The summed E-state index contributed by atoms with van der Waals surface area (Å²) in [5.41, 5.74) is 0.584. The van der Waals surface area contributed by atoms with Gasteiger partial charge in [0.15, 0.2) is 0 Å². The molecule has 0 saturated heterocycles. The van der Waals surface area contributed by atoms with Crippen molar-refractivity contribution in [2.24, 2.45) is 0 Å². The van der Waals surface area contributed by atoms with Crippen LogP contribution in [0.15, 0.2) is 48.5 Å². The molecule has 2 rings (SSSR count). The summed E-state index contributed by atoms with van der Waals surface area (Å²) in [7, 11) is 0. The van der Waals surface area contributed by atoms with Gasteiger partial charge in [-0.15, -0.1) is 13.2 Å². The fourth-order valence-corrected chi connectivity index (χ4v) is 1.64. The van der Waals surface area contributed by atoms with Gasteiger partial charge in [0.1, 0.15) is 5.82 Å². The summed E-state index contributed by atoms with van der Waals surface area (Å²) >= 11 is 0. The lowest BCUT2D eigenvalue weighted by Crippen LogP contribution is -2.34. The van der Waals surface area contributed by atoms with Gasteiger partial charge in [-0.1, -0.05) is 24.3 Å². The molecule has 0 bridgehead atoms. The molecule has 0 saturated carbocycles. The first kappa shape index (κ1) is 12.4. The van der Waals surface area contributed by atoms with E-state index in [-0.39, 0.29) is 16.4 Å².